The van der Waals surface area contributed by atoms with Gasteiger partial charge in [-0.1, -0.05) is 20.8 Å². The Labute approximate surface area is 146 Å². The van der Waals surface area contributed by atoms with E-state index in [-0.39, 0.29) is 14.4 Å². The third kappa shape index (κ3) is 5.61. The topological polar surface area (TPSA) is 96.9 Å². The molecule has 6 nitrogen and oxygen atoms in total. The number of benzene rings is 1. The lowest BCUT2D eigenvalue weighted by Crippen LogP contribution is -2.40. The molecule has 0 heterocycles. The number of nitrogens with two attached hydrogens (primary N) is 1. The molecule has 1 rings (SSSR count). The number of nitrogens with zero attached hydrogens (tertiary/aromatic N) is 1. The van der Waals surface area contributed by atoms with Crippen molar-refractivity contribution in [2.24, 2.45) is 16.1 Å². The molecule has 1 aromatic carbocycles. The highest BCUT2D eigenvalue weighted by atomic mass is 16.5. The first-order chi connectivity index (χ1) is 11.0. The molecule has 6 heteroatoms. The Bertz CT molecular complexity index is 649. The van der Waals surface area contributed by atoms with E-state index >= 15 is 0 Å². The number of carbonyl (C=O) groups excluding carboxylic acids is 1. The van der Waals surface area contributed by atoms with E-state index < -0.39 is 16.9 Å². The number of amides is 1. The van der Waals surface area contributed by atoms with Gasteiger partial charge in [0.2, 0.25) is 0 Å². The minimum atomic E-state index is -0.954. The van der Waals surface area contributed by atoms with E-state index in [4.69, 9.17) is 10.5 Å². The van der Waals surface area contributed by atoms with Gasteiger partial charge in [-0.2, -0.15) is 4.99 Å². The molecule has 0 spiro atoms. The van der Waals surface area contributed by atoms with Crippen LogP contribution < -0.4 is 15.8 Å². The second kappa shape index (κ2) is 7.38. The van der Waals surface area contributed by atoms with Crippen LogP contribution in [0.2, 0.25) is 0 Å². The Kier molecular flexibility index (Phi) is 6.01. The molecule has 0 saturated carbocycles. The first-order valence-electron chi connectivity index (χ1n) is 7.67. The highest BCUT2D eigenvalue weighted by Crippen LogP contribution is 2.22. The van der Waals surface area contributed by atoms with Crippen molar-refractivity contribution in [3.63, 3.8) is 0 Å². The molecule has 0 atom stereocenters. The van der Waals surface area contributed by atoms with Crippen molar-refractivity contribution in [3.05, 3.63) is 36.1 Å². The third-order valence-corrected chi connectivity index (χ3v) is 3.37. The van der Waals surface area contributed by atoms with Gasteiger partial charge in [-0.3, -0.25) is 4.79 Å². The molecule has 0 aromatic heterocycles. The first-order valence-corrected chi connectivity index (χ1v) is 7.67. The fourth-order valence-electron chi connectivity index (χ4n) is 1.73. The summed E-state index contributed by atoms with van der Waals surface area (Å²) in [4.78, 5) is 16.2. The van der Waals surface area contributed by atoms with E-state index in [1.807, 2.05) is 32.9 Å². The number of aliphatic hydroxyl groups is 1. The molecule has 0 aliphatic carbocycles. The lowest BCUT2D eigenvalue weighted by atomic mass is 9.93. The highest BCUT2D eigenvalue weighted by molar-refractivity contribution is 6.03. The van der Waals surface area contributed by atoms with E-state index in [0.717, 1.165) is 11.4 Å². The fraction of sp³-hybridized carbons (Fsp3) is 0.444. The molecule has 0 radical (unpaired) electrons. The van der Waals surface area contributed by atoms with Crippen LogP contribution in [0.25, 0.3) is 0 Å². The van der Waals surface area contributed by atoms with Crippen molar-refractivity contribution < 1.29 is 17.5 Å². The smallest absolute Gasteiger partial charge is 0.272 e. The average Bonchev–Trinajstić information content (AvgIpc) is 2.46. The van der Waals surface area contributed by atoms with E-state index in [9.17, 15) is 9.90 Å². The van der Waals surface area contributed by atoms with Gasteiger partial charge in [0.1, 0.15) is 22.9 Å². The van der Waals surface area contributed by atoms with Gasteiger partial charge >= 0.3 is 0 Å². The van der Waals surface area contributed by atoms with Crippen LogP contribution in [-0.4, -0.2) is 29.5 Å². The van der Waals surface area contributed by atoms with Gasteiger partial charge in [0.15, 0.2) is 0 Å². The van der Waals surface area contributed by atoms with Crippen molar-refractivity contribution in [2.45, 2.75) is 40.2 Å². The van der Waals surface area contributed by atoms with Crippen LogP contribution in [-0.2, 0) is 4.79 Å². The maximum atomic E-state index is 12.4. The zero-order valence-corrected chi connectivity index (χ0v) is 15.2. The van der Waals surface area contributed by atoms with Crippen LogP contribution in [0, 0.1) is 5.41 Å². The Morgan fingerprint density at radius 1 is 1.25 bits per heavy atom. The van der Waals surface area contributed by atoms with E-state index in [1.54, 1.807) is 33.1 Å². The molecule has 0 bridgehead atoms. The second-order valence-corrected chi connectivity index (χ2v) is 7.10. The lowest BCUT2D eigenvalue weighted by Gasteiger charge is -2.24. The van der Waals surface area contributed by atoms with Crippen molar-refractivity contribution in [1.82, 2.24) is 0 Å². The van der Waals surface area contributed by atoms with Gasteiger partial charge in [-0.05, 0) is 38.1 Å². The van der Waals surface area contributed by atoms with Crippen molar-refractivity contribution in [3.8, 4) is 5.75 Å². The molecule has 0 unspecified atom stereocenters. The minimum absolute atomic E-state index is 0. The van der Waals surface area contributed by atoms with Crippen molar-refractivity contribution >= 4 is 17.4 Å². The summed E-state index contributed by atoms with van der Waals surface area (Å²) in [6, 6.07) is 7.22. The number of carbonyl (C=O) groups is 1. The van der Waals surface area contributed by atoms with Crippen LogP contribution in [0.15, 0.2) is 41.1 Å². The van der Waals surface area contributed by atoms with Gasteiger partial charge < -0.3 is 20.9 Å². The number of rotatable bonds is 5. The molecule has 0 aliphatic rings. The average molecular weight is 337 g/mol. The van der Waals surface area contributed by atoms with Gasteiger partial charge in [0.05, 0.1) is 7.11 Å². The molecule has 24 heavy (non-hydrogen) atoms. The Morgan fingerprint density at radius 2 is 1.79 bits per heavy atom. The predicted molar refractivity (Wildman–Crippen MR) is 102 cm³/mol. The quantitative estimate of drug-likeness (QED) is 0.432. The number of hydrogen-bond donors (Lipinski definition) is 3. The maximum absolute atomic E-state index is 12.4. The number of ether oxygens (including phenoxy) is 1. The number of hydrogen-bond acceptors (Lipinski definition) is 4. The predicted octanol–water partition coefficient (Wildman–Crippen LogP) is 3.75. The monoisotopic (exact) mass is 337 g/mol. The van der Waals surface area contributed by atoms with Gasteiger partial charge in [0, 0.05) is 20.0 Å². The fourth-order valence-corrected chi connectivity index (χ4v) is 1.73. The highest BCUT2D eigenvalue weighted by Gasteiger charge is 2.27. The Balaban J connectivity index is 0. The summed E-state index contributed by atoms with van der Waals surface area (Å²) in [6.07, 6.45) is 1.31. The van der Waals surface area contributed by atoms with E-state index in [0.29, 0.717) is 0 Å². The van der Waals surface area contributed by atoms with Crippen LogP contribution in [0.1, 0.15) is 37.5 Å². The number of nitrogens with one attached hydrogen (secondary N) is 1. The Morgan fingerprint density at radius 3 is 2.25 bits per heavy atom. The number of anilines is 1. The second-order valence-electron chi connectivity index (χ2n) is 7.10. The van der Waals surface area contributed by atoms with Crippen LogP contribution in [0.5, 0.6) is 5.75 Å². The van der Waals surface area contributed by atoms with E-state index in [1.165, 1.54) is 6.08 Å². The molecule has 4 N–H and O–H groups in total. The molecule has 1 amide bonds. The van der Waals surface area contributed by atoms with Crippen LogP contribution in [0.4, 0.5) is 5.69 Å². The van der Waals surface area contributed by atoms with Crippen molar-refractivity contribution in [2.75, 3.05) is 12.4 Å². The molecular formula is C18H31N3O3. The number of allylic oxidation sites excluding steroid dienone is 1. The largest absolute Gasteiger partial charge is 0.512 e. The van der Waals surface area contributed by atoms with Crippen LogP contribution >= 0.6 is 0 Å². The zero-order chi connectivity index (χ0) is 18.5. The molecule has 1 aromatic rings. The summed E-state index contributed by atoms with van der Waals surface area (Å²) in [7, 11) is 1.59. The first kappa shape index (κ1) is 19.5. The molecule has 136 valence electrons. The molecule has 0 aliphatic heterocycles. The lowest BCUT2D eigenvalue weighted by molar-refractivity contribution is -0.121. The van der Waals surface area contributed by atoms with E-state index in [2.05, 4.69) is 10.3 Å². The molecule has 0 saturated heterocycles. The molecule has 0 fully saturated rings. The normalized spacial score (nSPS) is 13.6. The van der Waals surface area contributed by atoms with Crippen molar-refractivity contribution in [1.29, 1.82) is 0 Å². The number of amidine groups is 1. The molecular weight excluding hydrogens is 306 g/mol. The van der Waals surface area contributed by atoms with Gasteiger partial charge in [-0.15, -0.1) is 0 Å². The number of methoxy groups -OCH3 is 1. The van der Waals surface area contributed by atoms with Gasteiger partial charge in [-0.25, -0.2) is 0 Å². The summed E-state index contributed by atoms with van der Waals surface area (Å²) in [5, 5.41) is 13.0. The maximum Gasteiger partial charge on any atom is 0.272 e. The van der Waals surface area contributed by atoms with Gasteiger partial charge in [0.25, 0.3) is 5.91 Å². The summed E-state index contributed by atoms with van der Waals surface area (Å²) in [5.41, 5.74) is 5.10. The van der Waals surface area contributed by atoms with Crippen LogP contribution in [0.3, 0.4) is 0 Å². The summed E-state index contributed by atoms with van der Waals surface area (Å²) < 4.78 is 5.10. The number of aliphatic hydroxyl groups excluding tert-OH is 1. The third-order valence-electron chi connectivity index (χ3n) is 3.37. The Hall–Kier alpha value is -2.50. The standard InChI is InChI=1S/C18H27N3O3.2H2/c1-17(2,3)14(22)11-15(19)20-16(23)18(4,5)21-12-7-9-13(24-6)10-8-12;;/h7-11,21-22H,1-6H3,(H2,19,20,23);2*1H/b14-11-;;. The SMILES string of the molecule is COc1ccc(NC(C)(C)C(=O)N=C(N)/C=C(\O)C(C)(C)C)cc1.[HH].[HH]. The number of aliphatic imine (C=N–C) groups is 1. The minimum Gasteiger partial charge on any atom is -0.512 e. The summed E-state index contributed by atoms with van der Waals surface area (Å²) in [5.74, 6) is 0.331. The summed E-state index contributed by atoms with van der Waals surface area (Å²) in [6.45, 7) is 8.93. The zero-order valence-electron chi connectivity index (χ0n) is 15.2. The summed E-state index contributed by atoms with van der Waals surface area (Å²) >= 11 is 0.